The molecule has 0 N–H and O–H groups in total. The Balaban J connectivity index is 1.75. The molecule has 1 aliphatic rings. The first-order chi connectivity index (χ1) is 14.7. The van der Waals surface area contributed by atoms with Crippen LogP contribution in [0, 0.1) is 0 Å². The van der Waals surface area contributed by atoms with Crippen molar-refractivity contribution >= 4 is 5.91 Å². The van der Waals surface area contributed by atoms with Crippen LogP contribution >= 0.6 is 0 Å². The Morgan fingerprint density at radius 1 is 1.17 bits per heavy atom. The first kappa shape index (κ1) is 20.2. The third-order valence-corrected chi connectivity index (χ3v) is 5.60. The van der Waals surface area contributed by atoms with Crippen molar-refractivity contribution in [3.8, 4) is 11.1 Å². The van der Waals surface area contributed by atoms with Crippen molar-refractivity contribution in [1.82, 2.24) is 29.6 Å². The molecule has 156 valence electrons. The molecule has 1 fully saturated rings. The molecule has 4 heterocycles. The van der Waals surface area contributed by atoms with E-state index in [4.69, 9.17) is 4.98 Å². The summed E-state index contributed by atoms with van der Waals surface area (Å²) in [4.78, 5) is 29.0. The number of amides is 1. The summed E-state index contributed by atoms with van der Waals surface area (Å²) in [5, 5.41) is 4.44. The number of hydrogen-bond acceptors (Lipinski definition) is 5. The molecular formula is C23H28N6O. The van der Waals surface area contributed by atoms with Gasteiger partial charge in [-0.05, 0) is 56.4 Å². The van der Waals surface area contributed by atoms with Crippen molar-refractivity contribution in [2.24, 2.45) is 0 Å². The number of aryl methyl sites for hydroxylation is 2. The zero-order chi connectivity index (χ0) is 20.9. The Morgan fingerprint density at radius 3 is 2.73 bits per heavy atom. The molecule has 1 unspecified atom stereocenters. The Labute approximate surface area is 177 Å². The number of carbonyl (C=O) groups excluding carboxylic acids is 1. The summed E-state index contributed by atoms with van der Waals surface area (Å²) in [6, 6.07) is 5.67. The SMILES string of the molecule is CCCc1ncc(-c2ccncc2)c(C2CCCCN2C(=O)c2ccn(CC)n2)n1. The number of hydrogen-bond donors (Lipinski definition) is 0. The molecule has 4 rings (SSSR count). The molecule has 7 nitrogen and oxygen atoms in total. The molecule has 30 heavy (non-hydrogen) atoms. The van der Waals surface area contributed by atoms with Gasteiger partial charge < -0.3 is 4.90 Å². The number of aromatic nitrogens is 5. The van der Waals surface area contributed by atoms with Gasteiger partial charge in [-0.25, -0.2) is 9.97 Å². The second-order valence-electron chi connectivity index (χ2n) is 7.64. The third kappa shape index (κ3) is 4.10. The van der Waals surface area contributed by atoms with E-state index in [0.29, 0.717) is 12.2 Å². The van der Waals surface area contributed by atoms with Crippen LogP contribution in [0.3, 0.4) is 0 Å². The van der Waals surface area contributed by atoms with Crippen LogP contribution in [0.2, 0.25) is 0 Å². The van der Waals surface area contributed by atoms with Gasteiger partial charge in [0.05, 0.1) is 11.7 Å². The second-order valence-corrected chi connectivity index (χ2v) is 7.64. The first-order valence-electron chi connectivity index (χ1n) is 10.8. The van der Waals surface area contributed by atoms with Gasteiger partial charge in [-0.1, -0.05) is 6.92 Å². The summed E-state index contributed by atoms with van der Waals surface area (Å²) >= 11 is 0. The van der Waals surface area contributed by atoms with Gasteiger partial charge in [-0.2, -0.15) is 5.10 Å². The van der Waals surface area contributed by atoms with E-state index in [0.717, 1.165) is 61.3 Å². The van der Waals surface area contributed by atoms with Gasteiger partial charge in [0.1, 0.15) is 11.5 Å². The van der Waals surface area contributed by atoms with Crippen LogP contribution in [0.15, 0.2) is 43.0 Å². The lowest BCUT2D eigenvalue weighted by atomic mass is 9.93. The average Bonchev–Trinajstić information content (AvgIpc) is 3.29. The molecular weight excluding hydrogens is 376 g/mol. The molecule has 1 atom stereocenters. The van der Waals surface area contributed by atoms with Crippen LogP contribution in [0.5, 0.6) is 0 Å². The van der Waals surface area contributed by atoms with Crippen molar-refractivity contribution < 1.29 is 4.79 Å². The number of pyridine rings is 1. The van der Waals surface area contributed by atoms with E-state index in [1.165, 1.54) is 0 Å². The van der Waals surface area contributed by atoms with Crippen LogP contribution in [-0.2, 0) is 13.0 Å². The lowest BCUT2D eigenvalue weighted by molar-refractivity contribution is 0.0599. The van der Waals surface area contributed by atoms with Crippen LogP contribution in [0.25, 0.3) is 11.1 Å². The number of piperidine rings is 1. The van der Waals surface area contributed by atoms with E-state index in [1.807, 2.05) is 42.4 Å². The van der Waals surface area contributed by atoms with Gasteiger partial charge in [-0.15, -0.1) is 0 Å². The van der Waals surface area contributed by atoms with Gasteiger partial charge in [0.25, 0.3) is 5.91 Å². The minimum atomic E-state index is -0.0835. The molecule has 1 amide bonds. The maximum atomic E-state index is 13.4. The third-order valence-electron chi connectivity index (χ3n) is 5.60. The van der Waals surface area contributed by atoms with E-state index in [1.54, 1.807) is 17.1 Å². The molecule has 0 aromatic carbocycles. The minimum absolute atomic E-state index is 0.0248. The summed E-state index contributed by atoms with van der Waals surface area (Å²) < 4.78 is 1.79. The van der Waals surface area contributed by atoms with Crippen LogP contribution < -0.4 is 0 Å². The Kier molecular flexibility index (Phi) is 6.16. The van der Waals surface area contributed by atoms with Gasteiger partial charge >= 0.3 is 0 Å². The predicted octanol–water partition coefficient (Wildman–Crippen LogP) is 4.07. The van der Waals surface area contributed by atoms with Crippen LogP contribution in [0.4, 0.5) is 0 Å². The van der Waals surface area contributed by atoms with E-state index in [9.17, 15) is 4.79 Å². The smallest absolute Gasteiger partial charge is 0.274 e. The lowest BCUT2D eigenvalue weighted by Gasteiger charge is -2.36. The summed E-state index contributed by atoms with van der Waals surface area (Å²) in [5.41, 5.74) is 3.43. The molecule has 3 aromatic heterocycles. The fourth-order valence-electron chi connectivity index (χ4n) is 4.04. The highest BCUT2D eigenvalue weighted by atomic mass is 16.2. The summed E-state index contributed by atoms with van der Waals surface area (Å²) in [6.45, 7) is 5.60. The number of likely N-dealkylation sites (tertiary alicyclic amines) is 1. The molecule has 1 saturated heterocycles. The van der Waals surface area contributed by atoms with Crippen molar-refractivity contribution in [2.45, 2.75) is 58.5 Å². The summed E-state index contributed by atoms with van der Waals surface area (Å²) in [5.74, 6) is 0.807. The van der Waals surface area contributed by atoms with Gasteiger partial charge in [-0.3, -0.25) is 14.5 Å². The minimum Gasteiger partial charge on any atom is -0.329 e. The first-order valence-corrected chi connectivity index (χ1v) is 10.8. The average molecular weight is 405 g/mol. The molecule has 1 aliphatic heterocycles. The lowest BCUT2D eigenvalue weighted by Crippen LogP contribution is -2.39. The number of carbonyl (C=O) groups is 1. The zero-order valence-corrected chi connectivity index (χ0v) is 17.7. The Morgan fingerprint density at radius 2 is 2.00 bits per heavy atom. The fourth-order valence-corrected chi connectivity index (χ4v) is 4.04. The van der Waals surface area contributed by atoms with Crippen molar-refractivity contribution in [1.29, 1.82) is 0 Å². The molecule has 0 radical (unpaired) electrons. The molecule has 3 aromatic rings. The maximum Gasteiger partial charge on any atom is 0.274 e. The van der Waals surface area contributed by atoms with Crippen molar-refractivity contribution in [3.05, 3.63) is 60.2 Å². The van der Waals surface area contributed by atoms with E-state index < -0.39 is 0 Å². The fraction of sp³-hybridized carbons (Fsp3) is 0.435. The normalized spacial score (nSPS) is 16.6. The summed E-state index contributed by atoms with van der Waals surface area (Å²) in [7, 11) is 0. The summed E-state index contributed by atoms with van der Waals surface area (Å²) in [6.07, 6.45) is 12.1. The molecule has 0 bridgehead atoms. The van der Waals surface area contributed by atoms with Crippen LogP contribution in [0.1, 0.15) is 67.6 Å². The molecule has 0 spiro atoms. The van der Waals surface area contributed by atoms with Gasteiger partial charge in [0, 0.05) is 49.9 Å². The standard InChI is InChI=1S/C23H28N6O/c1-3-7-21-25-16-18(17-9-12-24-13-10-17)22(26-21)20-8-5-6-14-29(20)23(30)19-11-15-28(4-2)27-19/h9-13,15-16,20H,3-8,14H2,1-2H3. The second kappa shape index (κ2) is 9.15. The van der Waals surface area contributed by atoms with Gasteiger partial charge in [0.15, 0.2) is 0 Å². The van der Waals surface area contributed by atoms with Crippen molar-refractivity contribution in [2.75, 3.05) is 6.54 Å². The highest BCUT2D eigenvalue weighted by Gasteiger charge is 2.32. The molecule has 7 heteroatoms. The quantitative estimate of drug-likeness (QED) is 0.619. The van der Waals surface area contributed by atoms with E-state index in [-0.39, 0.29) is 11.9 Å². The predicted molar refractivity (Wildman–Crippen MR) is 115 cm³/mol. The number of rotatable bonds is 6. The van der Waals surface area contributed by atoms with Crippen molar-refractivity contribution in [3.63, 3.8) is 0 Å². The topological polar surface area (TPSA) is 76.8 Å². The highest BCUT2D eigenvalue weighted by molar-refractivity contribution is 5.92. The Bertz CT molecular complexity index is 1000. The molecule has 0 aliphatic carbocycles. The Hall–Kier alpha value is -3.09. The van der Waals surface area contributed by atoms with Gasteiger partial charge in [0.2, 0.25) is 0 Å². The van der Waals surface area contributed by atoms with E-state index >= 15 is 0 Å². The van der Waals surface area contributed by atoms with E-state index in [2.05, 4.69) is 22.0 Å². The molecule has 0 saturated carbocycles. The van der Waals surface area contributed by atoms with Crippen LogP contribution in [-0.4, -0.2) is 42.1 Å². The maximum absolute atomic E-state index is 13.4. The number of nitrogens with zero attached hydrogens (tertiary/aromatic N) is 6. The monoisotopic (exact) mass is 404 g/mol. The highest BCUT2D eigenvalue weighted by Crippen LogP contribution is 2.36. The largest absolute Gasteiger partial charge is 0.329 e. The zero-order valence-electron chi connectivity index (χ0n) is 17.7.